The number of halogens is 3. The molecule has 136 valence electrons. The molecule has 8 nitrogen and oxygen atoms in total. The van der Waals surface area contributed by atoms with E-state index >= 15 is 0 Å². The number of imidazole rings is 1. The molecule has 2 aromatic heterocycles. The van der Waals surface area contributed by atoms with Crippen LogP contribution in [0.4, 0.5) is 5.69 Å². The van der Waals surface area contributed by atoms with Crippen molar-refractivity contribution < 1.29 is 4.79 Å². The Kier molecular flexibility index (Phi) is 4.83. The van der Waals surface area contributed by atoms with Gasteiger partial charge < -0.3 is 5.32 Å². The van der Waals surface area contributed by atoms with E-state index in [9.17, 15) is 14.4 Å². The van der Waals surface area contributed by atoms with Crippen LogP contribution >= 0.6 is 34.8 Å². The van der Waals surface area contributed by atoms with E-state index in [1.807, 2.05) is 0 Å². The maximum Gasteiger partial charge on any atom is 0.332 e. The predicted octanol–water partition coefficient (Wildman–Crippen LogP) is 2.03. The molecule has 0 aliphatic rings. The standard InChI is InChI=1S/C15H12Cl3N5O3/c1-21-12-11(13(25)22(2)15(21)26)23(14(18)20-12)6-10(24)19-9-5-7(16)3-4-8(9)17/h3-5H,6H2,1-2H3,(H,19,24). The highest BCUT2D eigenvalue weighted by Crippen LogP contribution is 2.25. The van der Waals surface area contributed by atoms with E-state index in [0.29, 0.717) is 15.7 Å². The normalized spacial score (nSPS) is 11.1. The summed E-state index contributed by atoms with van der Waals surface area (Å²) >= 11 is 18.0. The van der Waals surface area contributed by atoms with E-state index in [1.54, 1.807) is 12.1 Å². The second-order valence-electron chi connectivity index (χ2n) is 5.52. The average Bonchev–Trinajstić information content (AvgIpc) is 2.91. The van der Waals surface area contributed by atoms with Gasteiger partial charge in [0.1, 0.15) is 6.54 Å². The summed E-state index contributed by atoms with van der Waals surface area (Å²) in [7, 11) is 2.80. The zero-order valence-electron chi connectivity index (χ0n) is 13.6. The third-order valence-electron chi connectivity index (χ3n) is 3.81. The molecule has 1 N–H and O–H groups in total. The fourth-order valence-electron chi connectivity index (χ4n) is 2.49. The quantitative estimate of drug-likeness (QED) is 0.662. The van der Waals surface area contributed by atoms with Crippen molar-refractivity contribution in [3.05, 3.63) is 54.4 Å². The van der Waals surface area contributed by atoms with Crippen LogP contribution in [0.15, 0.2) is 27.8 Å². The third-order valence-corrected chi connectivity index (χ3v) is 4.66. The van der Waals surface area contributed by atoms with Gasteiger partial charge >= 0.3 is 5.69 Å². The van der Waals surface area contributed by atoms with Gasteiger partial charge in [0.25, 0.3) is 5.56 Å². The first-order chi connectivity index (χ1) is 12.2. The number of carbonyl (C=O) groups is 1. The summed E-state index contributed by atoms with van der Waals surface area (Å²) in [5, 5.41) is 3.22. The highest BCUT2D eigenvalue weighted by Gasteiger charge is 2.20. The van der Waals surface area contributed by atoms with Crippen LogP contribution < -0.4 is 16.6 Å². The van der Waals surface area contributed by atoms with Gasteiger partial charge in [-0.25, -0.2) is 4.79 Å². The molecule has 1 amide bonds. The van der Waals surface area contributed by atoms with Crippen LogP contribution in [0, 0.1) is 0 Å². The Bertz CT molecular complexity index is 1160. The molecule has 0 aliphatic carbocycles. The van der Waals surface area contributed by atoms with Gasteiger partial charge in [0, 0.05) is 19.1 Å². The third kappa shape index (κ3) is 3.11. The number of aryl methyl sites for hydroxylation is 1. The molecule has 26 heavy (non-hydrogen) atoms. The molecular weight excluding hydrogens is 405 g/mol. The molecule has 1 aromatic carbocycles. The van der Waals surface area contributed by atoms with Gasteiger partial charge in [-0.2, -0.15) is 4.98 Å². The van der Waals surface area contributed by atoms with Crippen molar-refractivity contribution >= 4 is 57.6 Å². The van der Waals surface area contributed by atoms with Crippen molar-refractivity contribution in [2.24, 2.45) is 14.1 Å². The fourth-order valence-corrected chi connectivity index (χ4v) is 3.05. The number of amides is 1. The van der Waals surface area contributed by atoms with E-state index in [1.165, 1.54) is 29.3 Å². The predicted molar refractivity (Wildman–Crippen MR) is 100 cm³/mol. The fraction of sp³-hybridized carbons (Fsp3) is 0.200. The van der Waals surface area contributed by atoms with Crippen LogP contribution in [0.3, 0.4) is 0 Å². The number of hydrogen-bond acceptors (Lipinski definition) is 4. The first kappa shape index (κ1) is 18.5. The number of rotatable bonds is 3. The molecule has 0 saturated carbocycles. The van der Waals surface area contributed by atoms with Crippen LogP contribution in [-0.4, -0.2) is 24.6 Å². The Labute approximate surface area is 161 Å². The van der Waals surface area contributed by atoms with Gasteiger partial charge in [-0.05, 0) is 29.8 Å². The maximum absolute atomic E-state index is 12.4. The summed E-state index contributed by atoms with van der Waals surface area (Å²) in [4.78, 5) is 40.8. The molecule has 3 aromatic rings. The van der Waals surface area contributed by atoms with E-state index in [-0.39, 0.29) is 23.0 Å². The van der Waals surface area contributed by atoms with Gasteiger partial charge in [0.05, 0.1) is 10.7 Å². The topological polar surface area (TPSA) is 90.9 Å². The number of fused-ring (bicyclic) bond motifs is 1. The lowest BCUT2D eigenvalue weighted by molar-refractivity contribution is -0.116. The minimum absolute atomic E-state index is 0.0481. The highest BCUT2D eigenvalue weighted by atomic mass is 35.5. The van der Waals surface area contributed by atoms with Crippen LogP contribution in [-0.2, 0) is 25.4 Å². The Morgan fingerprint density at radius 1 is 1.15 bits per heavy atom. The Balaban J connectivity index is 2.03. The van der Waals surface area contributed by atoms with E-state index in [4.69, 9.17) is 34.8 Å². The molecule has 0 unspecified atom stereocenters. The molecule has 0 fully saturated rings. The molecule has 0 bridgehead atoms. The molecule has 2 heterocycles. The summed E-state index contributed by atoms with van der Waals surface area (Å²) in [6.07, 6.45) is 0. The second kappa shape index (κ2) is 6.79. The molecule has 0 aliphatic heterocycles. The zero-order valence-corrected chi connectivity index (χ0v) is 15.9. The lowest BCUT2D eigenvalue weighted by Gasteiger charge is -2.10. The van der Waals surface area contributed by atoms with Crippen molar-refractivity contribution in [2.45, 2.75) is 6.54 Å². The summed E-state index contributed by atoms with van der Waals surface area (Å²) in [5.74, 6) is -0.494. The van der Waals surface area contributed by atoms with Gasteiger partial charge in [0.2, 0.25) is 11.2 Å². The van der Waals surface area contributed by atoms with Gasteiger partial charge in [0.15, 0.2) is 11.2 Å². The van der Waals surface area contributed by atoms with E-state index in [0.717, 1.165) is 4.57 Å². The molecule has 0 spiro atoms. The van der Waals surface area contributed by atoms with Gasteiger partial charge in [-0.3, -0.25) is 23.3 Å². The van der Waals surface area contributed by atoms with Crippen LogP contribution in [0.2, 0.25) is 15.3 Å². The van der Waals surface area contributed by atoms with Crippen molar-refractivity contribution in [1.29, 1.82) is 0 Å². The maximum atomic E-state index is 12.4. The van der Waals surface area contributed by atoms with Crippen molar-refractivity contribution in [1.82, 2.24) is 18.7 Å². The molecule has 3 rings (SSSR count). The smallest absolute Gasteiger partial charge is 0.323 e. The Morgan fingerprint density at radius 2 is 1.85 bits per heavy atom. The summed E-state index contributed by atoms with van der Waals surface area (Å²) in [6.45, 7) is -0.300. The number of nitrogens with zero attached hydrogens (tertiary/aromatic N) is 4. The molecule has 0 saturated heterocycles. The van der Waals surface area contributed by atoms with E-state index < -0.39 is 17.2 Å². The van der Waals surface area contributed by atoms with Crippen LogP contribution in [0.25, 0.3) is 11.2 Å². The SMILES string of the molecule is Cn1c(=O)c2c(nc(Cl)n2CC(=O)Nc2cc(Cl)ccc2Cl)n(C)c1=O. The Morgan fingerprint density at radius 3 is 2.54 bits per heavy atom. The van der Waals surface area contributed by atoms with E-state index in [2.05, 4.69) is 10.3 Å². The summed E-state index contributed by atoms with van der Waals surface area (Å²) in [5.41, 5.74) is -0.677. The summed E-state index contributed by atoms with van der Waals surface area (Å²) in [6, 6.07) is 4.63. The largest absolute Gasteiger partial charge is 0.332 e. The molecule has 0 atom stereocenters. The molecule has 0 radical (unpaired) electrons. The monoisotopic (exact) mass is 415 g/mol. The van der Waals surface area contributed by atoms with Gasteiger partial charge in [-0.15, -0.1) is 0 Å². The first-order valence-electron chi connectivity index (χ1n) is 7.27. The minimum Gasteiger partial charge on any atom is -0.323 e. The number of aromatic nitrogens is 4. The minimum atomic E-state index is -0.601. The zero-order chi connectivity index (χ0) is 19.2. The molecule has 11 heteroatoms. The number of hydrogen-bond donors (Lipinski definition) is 1. The number of anilines is 1. The van der Waals surface area contributed by atoms with Crippen molar-refractivity contribution in [2.75, 3.05) is 5.32 Å². The summed E-state index contributed by atoms with van der Waals surface area (Å²) < 4.78 is 3.33. The number of carbonyl (C=O) groups excluding carboxylic acids is 1. The lowest BCUT2D eigenvalue weighted by Crippen LogP contribution is -2.37. The second-order valence-corrected chi connectivity index (χ2v) is 6.70. The Hall–Kier alpha value is -2.29. The van der Waals surface area contributed by atoms with Crippen LogP contribution in [0.1, 0.15) is 0 Å². The first-order valence-corrected chi connectivity index (χ1v) is 8.40. The van der Waals surface area contributed by atoms with Crippen molar-refractivity contribution in [3.63, 3.8) is 0 Å². The van der Waals surface area contributed by atoms with Crippen LogP contribution in [0.5, 0.6) is 0 Å². The number of benzene rings is 1. The molecular formula is C15H12Cl3N5O3. The lowest BCUT2D eigenvalue weighted by atomic mass is 10.3. The highest BCUT2D eigenvalue weighted by molar-refractivity contribution is 6.35. The average molecular weight is 417 g/mol. The van der Waals surface area contributed by atoms with Gasteiger partial charge in [-0.1, -0.05) is 23.2 Å². The van der Waals surface area contributed by atoms with Crippen molar-refractivity contribution in [3.8, 4) is 0 Å². The number of nitrogens with one attached hydrogen (secondary N) is 1.